The number of carbonyl (C=O) groups excluding carboxylic acids is 2. The lowest BCUT2D eigenvalue weighted by molar-refractivity contribution is -0.135. The Morgan fingerprint density at radius 1 is 1.12 bits per heavy atom. The third-order valence-electron chi connectivity index (χ3n) is 9.60. The lowest BCUT2D eigenvalue weighted by Crippen LogP contribution is -2.52. The molecule has 0 radical (unpaired) electrons. The standard InChI is InChI=1S/C31H41F2N7O2/c1-4-38(19(2)3)30(41)24-14-20(32)7-8-26(24)40-13-12-39(29-27(40)17-34-18-35-29)22-6-5-10-37(11-9-22)31(42)28-23-15-21(36-28)16-25(23)33/h7-8,14,17-19,21-23,25,28,36H,4-6,9-13,15-16H2,1-3H3/t21-,22+,23?,25-,28-/m0/s1. The number of fused-ring (bicyclic) bond motifs is 3. The molecule has 2 bridgehead atoms. The molecule has 1 N–H and O–H groups in total. The van der Waals surface area contributed by atoms with Gasteiger partial charge in [0.15, 0.2) is 5.82 Å². The summed E-state index contributed by atoms with van der Waals surface area (Å²) in [4.78, 5) is 43.9. The van der Waals surface area contributed by atoms with Crippen molar-refractivity contribution >= 4 is 29.0 Å². The molecule has 3 fully saturated rings. The smallest absolute Gasteiger partial charge is 0.256 e. The first kappa shape index (κ1) is 28.8. The van der Waals surface area contributed by atoms with E-state index in [4.69, 9.17) is 0 Å². The zero-order chi connectivity index (χ0) is 29.5. The van der Waals surface area contributed by atoms with Crippen LogP contribution in [0.4, 0.5) is 26.0 Å². The molecule has 226 valence electrons. The highest BCUT2D eigenvalue weighted by molar-refractivity contribution is 6.01. The molecule has 1 saturated carbocycles. The van der Waals surface area contributed by atoms with E-state index in [1.54, 1.807) is 17.2 Å². The van der Waals surface area contributed by atoms with E-state index >= 15 is 0 Å². The van der Waals surface area contributed by atoms with Crippen LogP contribution in [0.25, 0.3) is 0 Å². The fourth-order valence-electron chi connectivity index (χ4n) is 7.52. The van der Waals surface area contributed by atoms with Gasteiger partial charge in [-0.05, 0) is 71.1 Å². The van der Waals surface area contributed by atoms with E-state index in [0.717, 1.165) is 37.2 Å². The van der Waals surface area contributed by atoms with Crippen LogP contribution < -0.4 is 15.1 Å². The highest BCUT2D eigenvalue weighted by atomic mass is 19.1. The molecule has 2 aromatic rings. The maximum atomic E-state index is 14.5. The molecule has 11 heteroatoms. The lowest BCUT2D eigenvalue weighted by Gasteiger charge is -2.42. The zero-order valence-corrected chi connectivity index (χ0v) is 24.7. The van der Waals surface area contributed by atoms with Crippen LogP contribution in [0.3, 0.4) is 0 Å². The first-order valence-electron chi connectivity index (χ1n) is 15.4. The van der Waals surface area contributed by atoms with E-state index in [1.807, 2.05) is 30.6 Å². The Balaban J connectivity index is 1.22. The van der Waals surface area contributed by atoms with Crippen LogP contribution in [-0.2, 0) is 4.79 Å². The van der Waals surface area contributed by atoms with Crippen LogP contribution in [-0.4, -0.2) is 94.6 Å². The largest absolute Gasteiger partial charge is 0.350 e. The molecule has 1 aromatic heterocycles. The normalized spacial score (nSPS) is 27.3. The van der Waals surface area contributed by atoms with Gasteiger partial charge in [0.2, 0.25) is 5.91 Å². The van der Waals surface area contributed by atoms with E-state index in [2.05, 4.69) is 20.2 Å². The number of likely N-dealkylation sites (tertiary alicyclic amines) is 1. The van der Waals surface area contributed by atoms with Gasteiger partial charge in [0.1, 0.15) is 24.0 Å². The van der Waals surface area contributed by atoms with Gasteiger partial charge in [0.05, 0.1) is 23.5 Å². The molecular weight excluding hydrogens is 540 g/mol. The fraction of sp³-hybridized carbons (Fsp3) is 0.613. The van der Waals surface area contributed by atoms with Gasteiger partial charge in [-0.25, -0.2) is 18.7 Å². The summed E-state index contributed by atoms with van der Waals surface area (Å²) in [6.45, 7) is 8.88. The van der Waals surface area contributed by atoms with E-state index in [0.29, 0.717) is 50.4 Å². The summed E-state index contributed by atoms with van der Waals surface area (Å²) in [7, 11) is 0. The molecule has 1 unspecified atom stereocenters. The summed E-state index contributed by atoms with van der Waals surface area (Å²) < 4.78 is 28.8. The van der Waals surface area contributed by atoms with Crippen molar-refractivity contribution in [2.45, 2.75) is 83.2 Å². The molecule has 42 heavy (non-hydrogen) atoms. The van der Waals surface area contributed by atoms with Crippen LogP contribution in [0.5, 0.6) is 0 Å². The maximum absolute atomic E-state index is 14.5. The quantitative estimate of drug-likeness (QED) is 0.554. The van der Waals surface area contributed by atoms with Gasteiger partial charge in [-0.3, -0.25) is 9.59 Å². The average Bonchev–Trinajstić information content (AvgIpc) is 3.47. The Bertz CT molecular complexity index is 1330. The monoisotopic (exact) mass is 581 g/mol. The number of alkyl halides is 1. The zero-order valence-electron chi connectivity index (χ0n) is 24.7. The SMILES string of the molecule is CCN(C(=O)c1cc(F)ccc1N1CCN([C@@H]2CCCN(C(=O)[C@H]3N[C@H]4CC3[C@@H](F)C4)CC2)c2ncncc21)C(C)C. The third-order valence-corrected chi connectivity index (χ3v) is 9.60. The van der Waals surface area contributed by atoms with E-state index in [9.17, 15) is 18.4 Å². The Labute approximate surface area is 246 Å². The van der Waals surface area contributed by atoms with Crippen molar-refractivity contribution in [3.8, 4) is 0 Å². The topological polar surface area (TPSA) is 84.9 Å². The third kappa shape index (κ3) is 5.20. The van der Waals surface area contributed by atoms with Gasteiger partial charge < -0.3 is 24.9 Å². The van der Waals surface area contributed by atoms with Crippen molar-refractivity contribution in [3.05, 3.63) is 42.1 Å². The summed E-state index contributed by atoms with van der Waals surface area (Å²) in [6, 6.07) is 4.26. The van der Waals surface area contributed by atoms with Crippen molar-refractivity contribution < 1.29 is 18.4 Å². The van der Waals surface area contributed by atoms with Crippen molar-refractivity contribution in [1.29, 1.82) is 0 Å². The van der Waals surface area contributed by atoms with Gasteiger partial charge in [0.25, 0.3) is 5.91 Å². The number of hydrogen-bond acceptors (Lipinski definition) is 7. The number of hydrogen-bond donors (Lipinski definition) is 1. The van der Waals surface area contributed by atoms with Gasteiger partial charge in [-0.2, -0.15) is 0 Å². The second-order valence-electron chi connectivity index (χ2n) is 12.3. The van der Waals surface area contributed by atoms with Crippen molar-refractivity contribution in [2.24, 2.45) is 5.92 Å². The maximum Gasteiger partial charge on any atom is 0.256 e. The first-order valence-corrected chi connectivity index (χ1v) is 15.4. The number of rotatable bonds is 6. The molecule has 2 saturated heterocycles. The summed E-state index contributed by atoms with van der Waals surface area (Å²) >= 11 is 0. The van der Waals surface area contributed by atoms with Crippen molar-refractivity contribution in [1.82, 2.24) is 25.1 Å². The Hall–Kier alpha value is -3.34. The van der Waals surface area contributed by atoms with E-state index in [-0.39, 0.29) is 35.9 Å². The van der Waals surface area contributed by atoms with Crippen molar-refractivity contribution in [2.75, 3.05) is 42.5 Å². The molecule has 9 nitrogen and oxygen atoms in total. The number of amides is 2. The van der Waals surface area contributed by atoms with Gasteiger partial charge in [-0.15, -0.1) is 0 Å². The number of benzene rings is 1. The second-order valence-corrected chi connectivity index (χ2v) is 12.3. The second kappa shape index (κ2) is 11.7. The molecule has 1 aliphatic carbocycles. The Morgan fingerprint density at radius 3 is 2.69 bits per heavy atom. The van der Waals surface area contributed by atoms with Crippen molar-refractivity contribution in [3.63, 3.8) is 0 Å². The highest BCUT2D eigenvalue weighted by Crippen LogP contribution is 2.41. The predicted molar refractivity (Wildman–Crippen MR) is 157 cm³/mol. The Morgan fingerprint density at radius 2 is 1.95 bits per heavy atom. The lowest BCUT2D eigenvalue weighted by atomic mass is 9.97. The number of anilines is 3. The summed E-state index contributed by atoms with van der Waals surface area (Å²) in [5.74, 6) is -0.0545. The van der Waals surface area contributed by atoms with Crippen LogP contribution in [0.15, 0.2) is 30.7 Å². The Kier molecular flexibility index (Phi) is 8.04. The summed E-state index contributed by atoms with van der Waals surface area (Å²) in [5.41, 5.74) is 1.73. The molecule has 3 aliphatic heterocycles. The van der Waals surface area contributed by atoms with Crippen LogP contribution in [0.2, 0.25) is 0 Å². The van der Waals surface area contributed by atoms with E-state index in [1.165, 1.54) is 18.5 Å². The number of carbonyl (C=O) groups is 2. The highest BCUT2D eigenvalue weighted by Gasteiger charge is 2.50. The van der Waals surface area contributed by atoms with Crippen LogP contribution in [0, 0.1) is 11.7 Å². The van der Waals surface area contributed by atoms with Gasteiger partial charge >= 0.3 is 0 Å². The number of aromatic nitrogens is 2. The minimum absolute atomic E-state index is 0.0224. The predicted octanol–water partition coefficient (Wildman–Crippen LogP) is 3.91. The molecular formula is C31H41F2N7O2. The minimum atomic E-state index is -0.884. The molecule has 4 aliphatic rings. The molecule has 2 amide bonds. The summed E-state index contributed by atoms with van der Waals surface area (Å²) in [5, 5.41) is 3.36. The van der Waals surface area contributed by atoms with Crippen LogP contribution in [0.1, 0.15) is 63.2 Å². The first-order chi connectivity index (χ1) is 20.3. The summed E-state index contributed by atoms with van der Waals surface area (Å²) in [6.07, 6.45) is 6.23. The molecule has 0 spiro atoms. The van der Waals surface area contributed by atoms with Crippen LogP contribution >= 0.6 is 0 Å². The van der Waals surface area contributed by atoms with Gasteiger partial charge in [0, 0.05) is 56.8 Å². The number of nitrogens with zero attached hydrogens (tertiary/aromatic N) is 6. The van der Waals surface area contributed by atoms with Gasteiger partial charge in [-0.1, -0.05) is 0 Å². The molecule has 4 heterocycles. The van der Waals surface area contributed by atoms with E-state index < -0.39 is 18.0 Å². The molecule has 1 aromatic carbocycles. The molecule has 5 atom stereocenters. The number of piperidine rings is 1. The number of nitrogens with one attached hydrogen (secondary N) is 1. The fourth-order valence-corrected chi connectivity index (χ4v) is 7.52. The molecule has 6 rings (SSSR count). The number of halogens is 2. The minimum Gasteiger partial charge on any atom is -0.350 e. The average molecular weight is 582 g/mol.